The molecule has 0 unspecified atom stereocenters. The average Bonchev–Trinajstić information content (AvgIpc) is 3.09. The first-order valence-corrected chi connectivity index (χ1v) is 8.60. The Hall–Kier alpha value is -3.87. The molecule has 1 atom stereocenters. The third kappa shape index (κ3) is 3.14. The molecule has 0 fully saturated rings. The van der Waals surface area contributed by atoms with Crippen molar-refractivity contribution in [3.8, 4) is 5.75 Å². The Morgan fingerprint density at radius 2 is 1.86 bits per heavy atom. The third-order valence-corrected chi connectivity index (χ3v) is 4.58. The van der Waals surface area contributed by atoms with Gasteiger partial charge in [0.15, 0.2) is 6.04 Å². The maximum absolute atomic E-state index is 12.2. The summed E-state index contributed by atoms with van der Waals surface area (Å²) in [7, 11) is 0. The first-order valence-electron chi connectivity index (χ1n) is 8.60. The van der Waals surface area contributed by atoms with E-state index in [1.807, 2.05) is 24.3 Å². The van der Waals surface area contributed by atoms with Gasteiger partial charge in [-0.3, -0.25) is 4.99 Å². The largest absolute Gasteiger partial charge is 0.506 e. The molecule has 4 rings (SSSR count). The van der Waals surface area contributed by atoms with Crippen LogP contribution in [0.2, 0.25) is 0 Å². The Labute approximate surface area is 158 Å². The number of aliphatic carboxylic acids is 1. The highest BCUT2D eigenvalue weighted by molar-refractivity contribution is 5.94. The Morgan fingerprint density at radius 1 is 1.14 bits per heavy atom. The lowest BCUT2D eigenvalue weighted by atomic mass is 10.1. The fourth-order valence-corrected chi connectivity index (χ4v) is 3.14. The van der Waals surface area contributed by atoms with Crippen LogP contribution < -0.4 is 5.63 Å². The second kappa shape index (κ2) is 7.03. The van der Waals surface area contributed by atoms with Crippen LogP contribution in [0, 0.1) is 0 Å². The summed E-state index contributed by atoms with van der Waals surface area (Å²) in [6.45, 7) is 0. The van der Waals surface area contributed by atoms with Gasteiger partial charge < -0.3 is 19.6 Å². The molecule has 4 aromatic rings. The van der Waals surface area contributed by atoms with Gasteiger partial charge in [-0.05, 0) is 23.8 Å². The quantitative estimate of drug-likeness (QED) is 0.366. The molecule has 0 radical (unpaired) electrons. The molecule has 0 aliphatic carbocycles. The van der Waals surface area contributed by atoms with E-state index in [0.717, 1.165) is 22.7 Å². The van der Waals surface area contributed by atoms with Crippen molar-refractivity contribution >= 4 is 34.1 Å². The number of H-pyrrole nitrogens is 1. The molecule has 0 aliphatic rings. The second-order valence-corrected chi connectivity index (χ2v) is 6.34. The highest BCUT2D eigenvalue weighted by Crippen LogP contribution is 2.25. The van der Waals surface area contributed by atoms with Gasteiger partial charge in [0.2, 0.25) is 0 Å². The zero-order chi connectivity index (χ0) is 19.7. The SMILES string of the molecule is O=C(O)[C@H](Cc1c[nH]c2ccccc12)N=Cc1c(O)c2ccccc2oc1=O. The van der Waals surface area contributed by atoms with E-state index >= 15 is 0 Å². The van der Waals surface area contributed by atoms with Gasteiger partial charge in [0.05, 0.1) is 5.39 Å². The minimum absolute atomic E-state index is 0.134. The number of nitrogens with zero attached hydrogens (tertiary/aromatic N) is 1. The molecule has 140 valence electrons. The maximum Gasteiger partial charge on any atom is 0.348 e. The number of fused-ring (bicyclic) bond motifs is 2. The van der Waals surface area contributed by atoms with Gasteiger partial charge in [-0.25, -0.2) is 9.59 Å². The van der Waals surface area contributed by atoms with E-state index in [2.05, 4.69) is 9.98 Å². The second-order valence-electron chi connectivity index (χ2n) is 6.34. The van der Waals surface area contributed by atoms with Crippen LogP contribution in [0.15, 0.2) is 68.9 Å². The molecule has 0 saturated heterocycles. The minimum atomic E-state index is -1.13. The fourth-order valence-electron chi connectivity index (χ4n) is 3.14. The molecular weight excluding hydrogens is 360 g/mol. The zero-order valence-corrected chi connectivity index (χ0v) is 14.6. The molecule has 28 heavy (non-hydrogen) atoms. The van der Waals surface area contributed by atoms with E-state index in [-0.39, 0.29) is 23.3 Å². The van der Waals surface area contributed by atoms with Crippen LogP contribution in [0.3, 0.4) is 0 Å². The average molecular weight is 376 g/mol. The molecule has 2 heterocycles. The number of aliphatic imine (C=N–C) groups is 1. The summed E-state index contributed by atoms with van der Waals surface area (Å²) >= 11 is 0. The van der Waals surface area contributed by atoms with Gasteiger partial charge in [-0.2, -0.15) is 0 Å². The summed E-state index contributed by atoms with van der Waals surface area (Å²) in [6, 6.07) is 13.0. The predicted molar refractivity (Wildman–Crippen MR) is 105 cm³/mol. The van der Waals surface area contributed by atoms with Crippen LogP contribution in [0.25, 0.3) is 21.9 Å². The molecule has 0 spiro atoms. The molecule has 7 nitrogen and oxygen atoms in total. The van der Waals surface area contributed by atoms with E-state index in [1.165, 1.54) is 0 Å². The van der Waals surface area contributed by atoms with Crippen molar-refractivity contribution in [1.29, 1.82) is 0 Å². The molecule has 0 bridgehead atoms. The Balaban J connectivity index is 1.69. The van der Waals surface area contributed by atoms with Crippen molar-refractivity contribution in [3.63, 3.8) is 0 Å². The van der Waals surface area contributed by atoms with Crippen molar-refractivity contribution in [3.05, 3.63) is 76.3 Å². The summed E-state index contributed by atoms with van der Waals surface area (Å²) in [5.41, 5.74) is 0.990. The summed E-state index contributed by atoms with van der Waals surface area (Å²) in [6.07, 6.45) is 2.95. The van der Waals surface area contributed by atoms with Gasteiger partial charge >= 0.3 is 11.6 Å². The number of carboxylic acid groups (broad SMARTS) is 1. The van der Waals surface area contributed by atoms with Crippen LogP contribution in [-0.4, -0.2) is 33.4 Å². The van der Waals surface area contributed by atoms with E-state index in [1.54, 1.807) is 30.5 Å². The van der Waals surface area contributed by atoms with Crippen molar-refractivity contribution < 1.29 is 19.4 Å². The Kier molecular flexibility index (Phi) is 4.41. The molecule has 2 aromatic carbocycles. The van der Waals surface area contributed by atoms with Gasteiger partial charge in [0.1, 0.15) is 16.9 Å². The van der Waals surface area contributed by atoms with Crippen molar-refractivity contribution in [2.45, 2.75) is 12.5 Å². The first kappa shape index (κ1) is 17.5. The van der Waals surface area contributed by atoms with Gasteiger partial charge in [-0.1, -0.05) is 30.3 Å². The van der Waals surface area contributed by atoms with Gasteiger partial charge in [0, 0.05) is 29.7 Å². The number of aromatic amines is 1. The van der Waals surface area contributed by atoms with Crippen LogP contribution >= 0.6 is 0 Å². The number of benzene rings is 2. The number of hydrogen-bond acceptors (Lipinski definition) is 5. The molecule has 2 aromatic heterocycles. The lowest BCUT2D eigenvalue weighted by Crippen LogP contribution is -2.21. The summed E-state index contributed by atoms with van der Waals surface area (Å²) in [5.74, 6) is -1.42. The third-order valence-electron chi connectivity index (χ3n) is 4.58. The maximum atomic E-state index is 12.2. The highest BCUT2D eigenvalue weighted by Gasteiger charge is 2.19. The Bertz CT molecular complexity index is 1270. The summed E-state index contributed by atoms with van der Waals surface area (Å²) < 4.78 is 5.17. The number of aromatic nitrogens is 1. The smallest absolute Gasteiger partial charge is 0.348 e. The van der Waals surface area contributed by atoms with E-state index in [0.29, 0.717) is 5.39 Å². The number of para-hydroxylation sites is 2. The molecule has 3 N–H and O–H groups in total. The van der Waals surface area contributed by atoms with Gasteiger partial charge in [0.25, 0.3) is 0 Å². The number of rotatable bonds is 5. The van der Waals surface area contributed by atoms with E-state index < -0.39 is 17.6 Å². The summed E-state index contributed by atoms with van der Waals surface area (Å²) in [4.78, 5) is 31.0. The fraction of sp³-hybridized carbons (Fsp3) is 0.0952. The monoisotopic (exact) mass is 376 g/mol. The number of carboxylic acids is 1. The number of aromatic hydroxyl groups is 1. The predicted octanol–water partition coefficient (Wildman–Crippen LogP) is 3.09. The summed E-state index contributed by atoms with van der Waals surface area (Å²) in [5, 5.41) is 21.2. The van der Waals surface area contributed by atoms with Crippen molar-refractivity contribution in [1.82, 2.24) is 4.98 Å². The molecule has 0 saturated carbocycles. The molecule has 0 aliphatic heterocycles. The van der Waals surface area contributed by atoms with E-state index in [9.17, 15) is 19.8 Å². The van der Waals surface area contributed by atoms with Crippen molar-refractivity contribution in [2.24, 2.45) is 4.99 Å². The first-order chi connectivity index (χ1) is 13.5. The minimum Gasteiger partial charge on any atom is -0.506 e. The van der Waals surface area contributed by atoms with Crippen LogP contribution in [0.4, 0.5) is 0 Å². The topological polar surface area (TPSA) is 116 Å². The Morgan fingerprint density at radius 3 is 2.64 bits per heavy atom. The lowest BCUT2D eigenvalue weighted by molar-refractivity contribution is -0.138. The zero-order valence-electron chi connectivity index (χ0n) is 14.6. The number of nitrogens with one attached hydrogen (secondary N) is 1. The number of carbonyl (C=O) groups is 1. The molecular formula is C21H16N2O5. The van der Waals surface area contributed by atoms with Crippen molar-refractivity contribution in [2.75, 3.05) is 0 Å². The van der Waals surface area contributed by atoms with E-state index in [4.69, 9.17) is 4.42 Å². The lowest BCUT2D eigenvalue weighted by Gasteiger charge is -2.07. The standard InChI is InChI=1S/C21H16N2O5/c24-19-14-6-2-4-8-18(14)28-21(27)15(19)11-23-17(20(25)26)9-12-10-22-16-7-3-1-5-13(12)16/h1-8,10-11,17,22,24H,9H2,(H,25,26)/t17-/m0/s1. The number of hydrogen-bond donors (Lipinski definition) is 3. The van der Waals surface area contributed by atoms with Crippen LogP contribution in [-0.2, 0) is 11.2 Å². The van der Waals surface area contributed by atoms with Gasteiger partial charge in [-0.15, -0.1) is 0 Å². The molecule has 7 heteroatoms. The normalized spacial score (nSPS) is 12.7. The highest BCUT2D eigenvalue weighted by atomic mass is 16.4. The molecule has 0 amide bonds. The van der Waals surface area contributed by atoms with Crippen LogP contribution in [0.5, 0.6) is 5.75 Å². The van der Waals surface area contributed by atoms with Crippen LogP contribution in [0.1, 0.15) is 11.1 Å².